The minimum Gasteiger partial charge on any atom is -0.228 e. The molecule has 2 heteroatoms. The van der Waals surface area contributed by atoms with Crippen molar-refractivity contribution in [1.82, 2.24) is 9.97 Å². The number of rotatable bonds is 6. The zero-order chi connectivity index (χ0) is 48.3. The molecule has 14 rings (SSSR count). The van der Waals surface area contributed by atoms with Crippen LogP contribution >= 0.6 is 0 Å². The highest BCUT2D eigenvalue weighted by atomic mass is 14.9. The Morgan fingerprint density at radius 1 is 0.205 bits per heavy atom. The van der Waals surface area contributed by atoms with Gasteiger partial charge < -0.3 is 0 Å². The van der Waals surface area contributed by atoms with E-state index in [2.05, 4.69) is 279 Å². The Hall–Kier alpha value is -9.50. The Morgan fingerprint density at radius 2 is 0.548 bits per heavy atom. The Kier molecular flexibility index (Phi) is 10.1. The van der Waals surface area contributed by atoms with Crippen molar-refractivity contribution in [1.29, 1.82) is 0 Å². The number of hydrogen-bond donors (Lipinski definition) is 0. The topological polar surface area (TPSA) is 25.8 Å². The van der Waals surface area contributed by atoms with E-state index in [4.69, 9.17) is 9.97 Å². The Balaban J connectivity index is 0.963. The van der Waals surface area contributed by atoms with Crippen molar-refractivity contribution in [3.05, 3.63) is 301 Å². The van der Waals surface area contributed by atoms with E-state index in [0.717, 1.165) is 39.2 Å². The quantitative estimate of drug-likeness (QED) is 0.166. The van der Waals surface area contributed by atoms with E-state index in [0.29, 0.717) is 5.82 Å². The molecule has 0 unspecified atom stereocenters. The molecule has 11 aromatic carbocycles. The van der Waals surface area contributed by atoms with Gasteiger partial charge in [-0.3, -0.25) is 0 Å². The van der Waals surface area contributed by atoms with Crippen LogP contribution in [0.5, 0.6) is 0 Å². The van der Waals surface area contributed by atoms with Crippen LogP contribution in [-0.4, -0.2) is 9.97 Å². The fourth-order valence-electron chi connectivity index (χ4n) is 11.9. The fraction of sp³-hybridized carbons (Fsp3) is 0.0141. The van der Waals surface area contributed by atoms with Crippen LogP contribution in [0, 0.1) is 0 Å². The summed E-state index contributed by atoms with van der Waals surface area (Å²) in [7, 11) is 0. The van der Waals surface area contributed by atoms with Gasteiger partial charge in [0.2, 0.25) is 0 Å². The van der Waals surface area contributed by atoms with E-state index in [9.17, 15) is 0 Å². The molecule has 1 spiro atoms. The van der Waals surface area contributed by atoms with Gasteiger partial charge in [-0.15, -0.1) is 0 Å². The second kappa shape index (κ2) is 17.4. The summed E-state index contributed by atoms with van der Waals surface area (Å²) in [5, 5.41) is 0. The van der Waals surface area contributed by atoms with Crippen LogP contribution in [0.2, 0.25) is 0 Å². The Labute approximate surface area is 426 Å². The molecule has 73 heavy (non-hydrogen) atoms. The molecule has 340 valence electrons. The second-order valence-corrected chi connectivity index (χ2v) is 19.1. The fourth-order valence-corrected chi connectivity index (χ4v) is 11.9. The largest absolute Gasteiger partial charge is 0.228 e. The standard InChI is InChI=1S/C71H46N2/c1-3-19-47(20-4-1)49-37-41-51(42-38-49)67-46-68(73-70(72-67)52-43-39-50(40-44-52)48-21-5-2-6-22-48)54-24-17-23-53(45-54)55-32-18-36-66-69(55)62-31-13-16-35-65(62)71(66)63-33-14-11-29-60(63)58-27-9-7-25-56(58)57-26-8-10-28-59(57)61-30-12-15-34-64(61)71/h1-46H. The smallest absolute Gasteiger partial charge is 0.160 e. The van der Waals surface area contributed by atoms with Gasteiger partial charge in [-0.05, 0) is 112 Å². The van der Waals surface area contributed by atoms with E-state index in [1.165, 1.54) is 89.0 Å². The molecule has 0 saturated carbocycles. The van der Waals surface area contributed by atoms with E-state index >= 15 is 0 Å². The zero-order valence-corrected chi connectivity index (χ0v) is 40.0. The first-order valence-corrected chi connectivity index (χ1v) is 25.1. The monoisotopic (exact) mass is 926 g/mol. The van der Waals surface area contributed by atoms with Gasteiger partial charge >= 0.3 is 0 Å². The molecule has 0 aliphatic heterocycles. The molecular formula is C71H46N2. The highest BCUT2D eigenvalue weighted by Gasteiger charge is 2.49. The van der Waals surface area contributed by atoms with Gasteiger partial charge in [0.05, 0.1) is 16.8 Å². The number of hydrogen-bond acceptors (Lipinski definition) is 2. The summed E-state index contributed by atoms with van der Waals surface area (Å²) >= 11 is 0. The normalized spacial score (nSPS) is 12.5. The predicted octanol–water partition coefficient (Wildman–Crippen LogP) is 18.2. The van der Waals surface area contributed by atoms with Gasteiger partial charge in [-0.1, -0.05) is 267 Å². The average molecular weight is 927 g/mol. The lowest BCUT2D eigenvalue weighted by Crippen LogP contribution is -2.30. The SMILES string of the molecule is c1ccc(-c2ccc(-c3cc(-c4cccc(-c5cccc6c5-c5ccccc5C65c6ccccc6-c6ccccc6-c6ccccc6-c6ccccc65)c4)nc(-c4ccc(-c5ccccc5)cc4)n3)cc2)cc1. The lowest BCUT2D eigenvalue weighted by atomic mass is 9.64. The van der Waals surface area contributed by atoms with Gasteiger partial charge in [-0.25, -0.2) is 9.97 Å². The van der Waals surface area contributed by atoms with Crippen molar-refractivity contribution in [2.45, 2.75) is 5.41 Å². The molecule has 2 aliphatic rings. The van der Waals surface area contributed by atoms with Crippen molar-refractivity contribution in [3.63, 3.8) is 0 Å². The van der Waals surface area contributed by atoms with Crippen molar-refractivity contribution in [2.24, 2.45) is 0 Å². The zero-order valence-electron chi connectivity index (χ0n) is 40.0. The maximum Gasteiger partial charge on any atom is 0.160 e. The highest BCUT2D eigenvalue weighted by molar-refractivity contribution is 6.01. The maximum absolute atomic E-state index is 5.38. The predicted molar refractivity (Wildman–Crippen MR) is 302 cm³/mol. The first-order valence-electron chi connectivity index (χ1n) is 25.1. The van der Waals surface area contributed by atoms with E-state index in [-0.39, 0.29) is 0 Å². The van der Waals surface area contributed by atoms with Gasteiger partial charge in [0.15, 0.2) is 5.82 Å². The second-order valence-electron chi connectivity index (χ2n) is 19.1. The molecule has 0 N–H and O–H groups in total. The third kappa shape index (κ3) is 6.94. The van der Waals surface area contributed by atoms with Crippen LogP contribution in [-0.2, 0) is 5.41 Å². The molecule has 1 heterocycles. The molecule has 0 fully saturated rings. The molecule has 2 nitrogen and oxygen atoms in total. The molecule has 0 amide bonds. The van der Waals surface area contributed by atoms with Crippen molar-refractivity contribution < 1.29 is 0 Å². The summed E-state index contributed by atoms with van der Waals surface area (Å²) in [6.07, 6.45) is 0. The van der Waals surface area contributed by atoms with Crippen molar-refractivity contribution in [2.75, 3.05) is 0 Å². The maximum atomic E-state index is 5.38. The van der Waals surface area contributed by atoms with Gasteiger partial charge in [0.1, 0.15) is 0 Å². The number of fused-ring (bicyclic) bond motifs is 14. The lowest BCUT2D eigenvalue weighted by Gasteiger charge is -2.37. The summed E-state index contributed by atoms with van der Waals surface area (Å²) in [5.41, 5.74) is 26.1. The highest BCUT2D eigenvalue weighted by Crippen LogP contribution is 2.62. The molecule has 0 atom stereocenters. The molecule has 0 radical (unpaired) electrons. The third-order valence-electron chi connectivity index (χ3n) is 15.2. The van der Waals surface area contributed by atoms with Crippen LogP contribution in [0.4, 0.5) is 0 Å². The summed E-state index contributed by atoms with van der Waals surface area (Å²) in [6.45, 7) is 0. The van der Waals surface area contributed by atoms with Gasteiger partial charge in [0.25, 0.3) is 0 Å². The number of aromatic nitrogens is 2. The van der Waals surface area contributed by atoms with E-state index in [1.807, 2.05) is 0 Å². The average Bonchev–Trinajstić information content (AvgIpc) is 3.89. The Bertz CT molecular complexity index is 3870. The summed E-state index contributed by atoms with van der Waals surface area (Å²) < 4.78 is 0. The minimum atomic E-state index is -0.653. The first kappa shape index (κ1) is 42.4. The Morgan fingerprint density at radius 3 is 1.10 bits per heavy atom. The van der Waals surface area contributed by atoms with Crippen molar-refractivity contribution in [3.8, 4) is 112 Å². The lowest BCUT2D eigenvalue weighted by molar-refractivity contribution is 0.773. The minimum absolute atomic E-state index is 0.653. The van der Waals surface area contributed by atoms with Gasteiger partial charge in [-0.2, -0.15) is 0 Å². The summed E-state index contributed by atoms with van der Waals surface area (Å²) in [5.74, 6) is 0.682. The van der Waals surface area contributed by atoms with Crippen LogP contribution in [0.25, 0.3) is 112 Å². The van der Waals surface area contributed by atoms with Crippen LogP contribution in [0.1, 0.15) is 22.3 Å². The van der Waals surface area contributed by atoms with Gasteiger partial charge in [0, 0.05) is 16.7 Å². The summed E-state index contributed by atoms with van der Waals surface area (Å²) in [6, 6.07) is 102. The van der Waals surface area contributed by atoms with Crippen LogP contribution in [0.15, 0.2) is 279 Å². The number of benzene rings is 11. The molecule has 1 aromatic heterocycles. The molecular weight excluding hydrogens is 881 g/mol. The summed E-state index contributed by atoms with van der Waals surface area (Å²) in [4.78, 5) is 10.7. The van der Waals surface area contributed by atoms with Crippen molar-refractivity contribution >= 4 is 0 Å². The van der Waals surface area contributed by atoms with Crippen LogP contribution in [0.3, 0.4) is 0 Å². The third-order valence-corrected chi connectivity index (χ3v) is 15.2. The molecule has 0 bridgehead atoms. The van der Waals surface area contributed by atoms with Crippen LogP contribution < -0.4 is 0 Å². The molecule has 2 aliphatic carbocycles. The first-order chi connectivity index (χ1) is 36.2. The molecule has 12 aromatic rings. The number of nitrogens with zero attached hydrogens (tertiary/aromatic N) is 2. The van der Waals surface area contributed by atoms with E-state index in [1.54, 1.807) is 0 Å². The molecule has 0 saturated heterocycles. The van der Waals surface area contributed by atoms with E-state index < -0.39 is 5.41 Å².